The van der Waals surface area contributed by atoms with Crippen LogP contribution in [0.4, 0.5) is 0 Å². The molecule has 1 N–H and O–H groups in total. The third-order valence-electron chi connectivity index (χ3n) is 1.26. The van der Waals surface area contributed by atoms with Crippen molar-refractivity contribution in [2.75, 3.05) is 0 Å². The van der Waals surface area contributed by atoms with E-state index in [1.165, 1.54) is 0 Å². The van der Waals surface area contributed by atoms with E-state index >= 15 is 0 Å². The topological polar surface area (TPSA) is 33.1 Å². The van der Waals surface area contributed by atoms with E-state index in [1.807, 2.05) is 6.92 Å². The zero-order chi connectivity index (χ0) is 7.56. The molecule has 0 saturated carbocycles. The summed E-state index contributed by atoms with van der Waals surface area (Å²) >= 11 is 5.74. The van der Waals surface area contributed by atoms with E-state index in [0.29, 0.717) is 10.7 Å². The highest BCUT2D eigenvalue weighted by atomic mass is 35.5. The van der Waals surface area contributed by atoms with Gasteiger partial charge in [-0.15, -0.1) is 0 Å². The second kappa shape index (κ2) is 2.99. The van der Waals surface area contributed by atoms with Gasteiger partial charge >= 0.3 is 0 Å². The number of aryl methyl sites for hydroxylation is 1. The molecule has 0 aliphatic rings. The summed E-state index contributed by atoms with van der Waals surface area (Å²) in [6.45, 7) is 1.82. The van der Waals surface area contributed by atoms with Crippen LogP contribution in [0.1, 0.15) is 11.3 Å². The predicted molar refractivity (Wildman–Crippen MR) is 39.9 cm³/mol. The summed E-state index contributed by atoms with van der Waals surface area (Å²) in [5.74, 6) is 0. The zero-order valence-corrected chi connectivity index (χ0v) is 6.39. The number of hydrogen-bond acceptors (Lipinski definition) is 2. The Morgan fingerprint density at radius 1 is 1.70 bits per heavy atom. The molecule has 54 valence electrons. The van der Waals surface area contributed by atoms with E-state index in [-0.39, 0.29) is 6.61 Å². The Hall–Kier alpha value is -0.600. The van der Waals surface area contributed by atoms with Gasteiger partial charge in [-0.05, 0) is 18.6 Å². The fraction of sp³-hybridized carbons (Fsp3) is 0.286. The van der Waals surface area contributed by atoms with Gasteiger partial charge in [0.2, 0.25) is 0 Å². The molecule has 0 atom stereocenters. The number of aliphatic hydroxyl groups is 1. The summed E-state index contributed by atoms with van der Waals surface area (Å²) in [5, 5.41) is 9.28. The first kappa shape index (κ1) is 7.51. The molecule has 0 bridgehead atoms. The number of hydrogen-bond donors (Lipinski definition) is 1. The molecule has 1 aromatic heterocycles. The highest BCUT2D eigenvalue weighted by molar-refractivity contribution is 6.31. The summed E-state index contributed by atoms with van der Waals surface area (Å²) < 4.78 is 0. The summed E-state index contributed by atoms with van der Waals surface area (Å²) in [6, 6.07) is 1.66. The molecule has 1 rings (SSSR count). The normalized spacial score (nSPS) is 9.90. The first-order valence-electron chi connectivity index (χ1n) is 2.96. The second-order valence-corrected chi connectivity index (χ2v) is 2.49. The summed E-state index contributed by atoms with van der Waals surface area (Å²) in [6.07, 6.45) is 1.65. The van der Waals surface area contributed by atoms with Crippen LogP contribution >= 0.6 is 11.6 Å². The van der Waals surface area contributed by atoms with Gasteiger partial charge in [-0.2, -0.15) is 0 Å². The van der Waals surface area contributed by atoms with E-state index < -0.39 is 0 Å². The Morgan fingerprint density at radius 2 is 2.40 bits per heavy atom. The lowest BCUT2D eigenvalue weighted by Crippen LogP contribution is -1.89. The van der Waals surface area contributed by atoms with Crippen molar-refractivity contribution in [2.45, 2.75) is 13.5 Å². The standard InChI is InChI=1S/C7H8ClNO/c1-5-3-9-6(4-10)2-7(5)8/h2-3,10H,4H2,1H3. The van der Waals surface area contributed by atoms with Crippen LogP contribution in [0.2, 0.25) is 5.02 Å². The van der Waals surface area contributed by atoms with Crippen LogP contribution in [0.15, 0.2) is 12.3 Å². The molecular formula is C7H8ClNO. The molecule has 1 heterocycles. The maximum Gasteiger partial charge on any atom is 0.0853 e. The number of aliphatic hydroxyl groups excluding tert-OH is 1. The smallest absolute Gasteiger partial charge is 0.0853 e. The molecule has 0 aliphatic heterocycles. The Morgan fingerprint density at radius 3 is 2.90 bits per heavy atom. The zero-order valence-electron chi connectivity index (χ0n) is 5.63. The summed E-state index contributed by atoms with van der Waals surface area (Å²) in [7, 11) is 0. The number of rotatable bonds is 1. The van der Waals surface area contributed by atoms with Crippen LogP contribution in [-0.4, -0.2) is 10.1 Å². The molecule has 3 heteroatoms. The minimum atomic E-state index is -0.0556. The van der Waals surface area contributed by atoms with Crippen molar-refractivity contribution in [1.82, 2.24) is 4.98 Å². The van der Waals surface area contributed by atoms with Crippen molar-refractivity contribution < 1.29 is 5.11 Å². The van der Waals surface area contributed by atoms with Crippen LogP contribution in [0.5, 0.6) is 0 Å². The quantitative estimate of drug-likeness (QED) is 0.671. The SMILES string of the molecule is Cc1cnc(CO)cc1Cl. The molecule has 0 saturated heterocycles. The highest BCUT2D eigenvalue weighted by Gasteiger charge is 1.96. The van der Waals surface area contributed by atoms with Crippen molar-refractivity contribution in [3.8, 4) is 0 Å². The van der Waals surface area contributed by atoms with Crippen LogP contribution < -0.4 is 0 Å². The average Bonchev–Trinajstić information content (AvgIpc) is 1.95. The summed E-state index contributed by atoms with van der Waals surface area (Å²) in [4.78, 5) is 3.92. The second-order valence-electron chi connectivity index (χ2n) is 2.08. The van der Waals surface area contributed by atoms with Gasteiger partial charge in [0.15, 0.2) is 0 Å². The fourth-order valence-electron chi connectivity index (χ4n) is 0.625. The number of halogens is 1. The number of nitrogens with zero attached hydrogens (tertiary/aromatic N) is 1. The lowest BCUT2D eigenvalue weighted by atomic mass is 10.3. The van der Waals surface area contributed by atoms with E-state index in [2.05, 4.69) is 4.98 Å². The molecule has 0 fully saturated rings. The minimum absolute atomic E-state index is 0.0556. The number of pyridine rings is 1. The molecule has 0 amide bonds. The maximum absolute atomic E-state index is 8.63. The summed E-state index contributed by atoms with van der Waals surface area (Å²) in [5.41, 5.74) is 1.54. The third-order valence-corrected chi connectivity index (χ3v) is 1.66. The van der Waals surface area contributed by atoms with Gasteiger partial charge in [0.1, 0.15) is 0 Å². The lowest BCUT2D eigenvalue weighted by Gasteiger charge is -1.97. The van der Waals surface area contributed by atoms with Gasteiger partial charge < -0.3 is 5.11 Å². The van der Waals surface area contributed by atoms with Gasteiger partial charge in [-0.3, -0.25) is 4.98 Å². The van der Waals surface area contributed by atoms with Gasteiger partial charge in [-0.25, -0.2) is 0 Å². The van der Waals surface area contributed by atoms with Crippen molar-refractivity contribution >= 4 is 11.6 Å². The van der Waals surface area contributed by atoms with E-state index in [9.17, 15) is 0 Å². The van der Waals surface area contributed by atoms with Gasteiger partial charge in [0.05, 0.1) is 12.3 Å². The van der Waals surface area contributed by atoms with Crippen molar-refractivity contribution in [2.24, 2.45) is 0 Å². The third kappa shape index (κ3) is 1.46. The molecule has 0 aliphatic carbocycles. The van der Waals surface area contributed by atoms with Crippen LogP contribution in [-0.2, 0) is 6.61 Å². The highest BCUT2D eigenvalue weighted by Crippen LogP contribution is 2.13. The van der Waals surface area contributed by atoms with Gasteiger partial charge in [0.25, 0.3) is 0 Å². The molecule has 0 unspecified atom stereocenters. The Bertz CT molecular complexity index is 237. The van der Waals surface area contributed by atoms with Crippen LogP contribution in [0.25, 0.3) is 0 Å². The van der Waals surface area contributed by atoms with E-state index in [4.69, 9.17) is 16.7 Å². The maximum atomic E-state index is 8.63. The fourth-order valence-corrected chi connectivity index (χ4v) is 0.800. The molecule has 0 spiro atoms. The Balaban J connectivity index is 3.04. The molecule has 10 heavy (non-hydrogen) atoms. The number of aromatic nitrogens is 1. The van der Waals surface area contributed by atoms with Gasteiger partial charge in [0, 0.05) is 11.2 Å². The van der Waals surface area contributed by atoms with Crippen molar-refractivity contribution in [1.29, 1.82) is 0 Å². The first-order chi connectivity index (χ1) is 4.74. The molecular weight excluding hydrogens is 150 g/mol. The molecule has 0 aromatic carbocycles. The average molecular weight is 158 g/mol. The molecule has 0 radical (unpaired) electrons. The van der Waals surface area contributed by atoms with E-state index in [0.717, 1.165) is 5.56 Å². The minimum Gasteiger partial charge on any atom is -0.390 e. The Labute approximate surface area is 64.5 Å². The molecule has 1 aromatic rings. The first-order valence-corrected chi connectivity index (χ1v) is 3.33. The van der Waals surface area contributed by atoms with Crippen molar-refractivity contribution in [3.63, 3.8) is 0 Å². The van der Waals surface area contributed by atoms with Crippen molar-refractivity contribution in [3.05, 3.63) is 28.5 Å². The van der Waals surface area contributed by atoms with Crippen LogP contribution in [0, 0.1) is 6.92 Å². The largest absolute Gasteiger partial charge is 0.390 e. The van der Waals surface area contributed by atoms with Crippen LogP contribution in [0.3, 0.4) is 0 Å². The Kier molecular flexibility index (Phi) is 2.25. The predicted octanol–water partition coefficient (Wildman–Crippen LogP) is 1.54. The molecule has 2 nitrogen and oxygen atoms in total. The van der Waals surface area contributed by atoms with E-state index in [1.54, 1.807) is 12.3 Å². The lowest BCUT2D eigenvalue weighted by molar-refractivity contribution is 0.277. The van der Waals surface area contributed by atoms with Gasteiger partial charge in [-0.1, -0.05) is 11.6 Å². The monoisotopic (exact) mass is 157 g/mol.